The van der Waals surface area contributed by atoms with Crippen LogP contribution >= 0.6 is 11.3 Å². The molecule has 0 fully saturated rings. The fourth-order valence-electron chi connectivity index (χ4n) is 1.83. The summed E-state index contributed by atoms with van der Waals surface area (Å²) in [4.78, 5) is 1.41. The third kappa shape index (κ3) is 2.06. The van der Waals surface area contributed by atoms with Crippen molar-refractivity contribution in [3.05, 3.63) is 34.2 Å². The predicted octanol–water partition coefficient (Wildman–Crippen LogP) is 3.44. The molecular weight excluding hydrogens is 204 g/mol. The monoisotopic (exact) mass is 220 g/mol. The quantitative estimate of drug-likeness (QED) is 0.840. The average molecular weight is 220 g/mol. The highest BCUT2D eigenvalue weighted by molar-refractivity contribution is 7.19. The van der Waals surface area contributed by atoms with Crippen molar-refractivity contribution in [2.75, 3.05) is 6.61 Å². The molecule has 0 aliphatic heterocycles. The fraction of sp³-hybridized carbons (Fsp3) is 0.385. The Labute approximate surface area is 94.4 Å². The van der Waals surface area contributed by atoms with Crippen molar-refractivity contribution in [3.8, 4) is 0 Å². The van der Waals surface area contributed by atoms with Crippen molar-refractivity contribution in [3.63, 3.8) is 0 Å². The Hall–Kier alpha value is -0.860. The molecule has 1 nitrogen and oxygen atoms in total. The molecule has 0 unspecified atom stereocenters. The molecule has 0 saturated heterocycles. The van der Waals surface area contributed by atoms with Crippen molar-refractivity contribution in [1.29, 1.82) is 0 Å². The van der Waals surface area contributed by atoms with Crippen LogP contribution in [0.15, 0.2) is 18.2 Å². The van der Waals surface area contributed by atoms with E-state index in [0.29, 0.717) is 0 Å². The second kappa shape index (κ2) is 4.33. The van der Waals surface area contributed by atoms with Gasteiger partial charge in [0.1, 0.15) is 0 Å². The Morgan fingerprint density at radius 2 is 2.07 bits per heavy atom. The average Bonchev–Trinajstić information content (AvgIpc) is 2.52. The number of aliphatic hydroxyl groups is 1. The molecule has 0 bridgehead atoms. The summed E-state index contributed by atoms with van der Waals surface area (Å²) < 4.78 is 1.38. The summed E-state index contributed by atoms with van der Waals surface area (Å²) in [6.07, 6.45) is 1.83. The first kappa shape index (κ1) is 10.7. The second-order valence-corrected chi connectivity index (χ2v) is 5.20. The first-order chi connectivity index (χ1) is 7.22. The Bertz CT molecular complexity index is 471. The van der Waals surface area contributed by atoms with E-state index >= 15 is 0 Å². The summed E-state index contributed by atoms with van der Waals surface area (Å²) in [5, 5.41) is 10.2. The van der Waals surface area contributed by atoms with Gasteiger partial charge in [-0.1, -0.05) is 12.1 Å². The van der Waals surface area contributed by atoms with Gasteiger partial charge in [0.05, 0.1) is 0 Å². The normalized spacial score (nSPS) is 11.1. The van der Waals surface area contributed by atoms with Crippen LogP contribution in [0.5, 0.6) is 0 Å². The minimum absolute atomic E-state index is 0.278. The lowest BCUT2D eigenvalue weighted by Crippen LogP contribution is -1.88. The number of benzene rings is 1. The maximum absolute atomic E-state index is 8.79. The number of rotatable bonds is 3. The van der Waals surface area contributed by atoms with Crippen molar-refractivity contribution in [1.82, 2.24) is 0 Å². The van der Waals surface area contributed by atoms with E-state index < -0.39 is 0 Å². The number of hydrogen-bond acceptors (Lipinski definition) is 2. The summed E-state index contributed by atoms with van der Waals surface area (Å²) >= 11 is 1.86. The minimum atomic E-state index is 0.278. The molecular formula is C13H16OS. The largest absolute Gasteiger partial charge is 0.396 e. The van der Waals surface area contributed by atoms with Crippen LogP contribution in [0.4, 0.5) is 0 Å². The highest BCUT2D eigenvalue weighted by Gasteiger charge is 2.05. The molecule has 1 aromatic heterocycles. The zero-order chi connectivity index (χ0) is 10.8. The summed E-state index contributed by atoms with van der Waals surface area (Å²) in [6, 6.07) is 6.65. The molecule has 0 spiro atoms. The molecule has 0 aliphatic carbocycles. The number of hydrogen-bond donors (Lipinski definition) is 1. The molecule has 2 aromatic rings. The van der Waals surface area contributed by atoms with Gasteiger partial charge in [-0.25, -0.2) is 0 Å². The molecule has 1 N–H and O–H groups in total. The molecule has 2 rings (SSSR count). The zero-order valence-electron chi connectivity index (χ0n) is 9.21. The third-order valence-corrected chi connectivity index (χ3v) is 4.03. The molecule has 0 atom stereocenters. The van der Waals surface area contributed by atoms with Crippen molar-refractivity contribution in [2.45, 2.75) is 26.7 Å². The SMILES string of the molecule is Cc1sc2cc(CCCO)ccc2c1C. The molecule has 0 aliphatic rings. The Kier molecular flexibility index (Phi) is 3.08. The van der Waals surface area contributed by atoms with Crippen LogP contribution in [0.1, 0.15) is 22.4 Å². The van der Waals surface area contributed by atoms with Crippen molar-refractivity contribution in [2.24, 2.45) is 0 Å². The van der Waals surface area contributed by atoms with Gasteiger partial charge in [-0.05, 0) is 49.3 Å². The maximum Gasteiger partial charge on any atom is 0.0434 e. The third-order valence-electron chi connectivity index (χ3n) is 2.86. The van der Waals surface area contributed by atoms with E-state index in [4.69, 9.17) is 5.11 Å². The van der Waals surface area contributed by atoms with Gasteiger partial charge in [0.25, 0.3) is 0 Å². The molecule has 0 radical (unpaired) electrons. The Morgan fingerprint density at radius 1 is 1.27 bits per heavy atom. The Balaban J connectivity index is 2.39. The van der Waals surface area contributed by atoms with Crippen molar-refractivity contribution < 1.29 is 5.11 Å². The van der Waals surface area contributed by atoms with Gasteiger partial charge < -0.3 is 5.11 Å². The highest BCUT2D eigenvalue weighted by atomic mass is 32.1. The van der Waals surface area contributed by atoms with Crippen LogP contribution in [0, 0.1) is 13.8 Å². The van der Waals surface area contributed by atoms with Gasteiger partial charge in [0.2, 0.25) is 0 Å². The summed E-state index contributed by atoms with van der Waals surface area (Å²) in [6.45, 7) is 4.63. The fourth-order valence-corrected chi connectivity index (χ4v) is 2.97. The van der Waals surface area contributed by atoms with Crippen molar-refractivity contribution >= 4 is 21.4 Å². The van der Waals surface area contributed by atoms with Gasteiger partial charge in [0.15, 0.2) is 0 Å². The molecule has 1 heterocycles. The van der Waals surface area contributed by atoms with Gasteiger partial charge in [-0.3, -0.25) is 0 Å². The molecule has 0 saturated carbocycles. The van der Waals surface area contributed by atoms with E-state index in [1.165, 1.54) is 26.1 Å². The van der Waals surface area contributed by atoms with E-state index in [2.05, 4.69) is 32.0 Å². The van der Waals surface area contributed by atoms with E-state index in [0.717, 1.165) is 12.8 Å². The number of fused-ring (bicyclic) bond motifs is 1. The van der Waals surface area contributed by atoms with Crippen LogP contribution in [0.25, 0.3) is 10.1 Å². The van der Waals surface area contributed by atoms with E-state index in [1.54, 1.807) is 0 Å². The zero-order valence-corrected chi connectivity index (χ0v) is 10.0. The van der Waals surface area contributed by atoms with Crippen LogP contribution in [-0.4, -0.2) is 11.7 Å². The lowest BCUT2D eigenvalue weighted by molar-refractivity contribution is 0.288. The predicted molar refractivity (Wildman–Crippen MR) is 66.7 cm³/mol. The highest BCUT2D eigenvalue weighted by Crippen LogP contribution is 2.30. The standard InChI is InChI=1S/C13H16OS/c1-9-10(2)15-13-8-11(4-3-7-14)5-6-12(9)13/h5-6,8,14H,3-4,7H2,1-2H3. The van der Waals surface area contributed by atoms with Crippen LogP contribution in [0.3, 0.4) is 0 Å². The summed E-state index contributed by atoms with van der Waals surface area (Å²) in [5.41, 5.74) is 2.74. The molecule has 2 heteroatoms. The van der Waals surface area contributed by atoms with E-state index in [-0.39, 0.29) is 6.61 Å². The molecule has 1 aromatic carbocycles. The molecule has 0 amide bonds. The van der Waals surface area contributed by atoms with Gasteiger partial charge in [0, 0.05) is 16.2 Å². The minimum Gasteiger partial charge on any atom is -0.396 e. The second-order valence-electron chi connectivity index (χ2n) is 3.94. The summed E-state index contributed by atoms with van der Waals surface area (Å²) in [7, 11) is 0. The summed E-state index contributed by atoms with van der Waals surface area (Å²) in [5.74, 6) is 0. The Morgan fingerprint density at radius 3 is 2.80 bits per heavy atom. The smallest absolute Gasteiger partial charge is 0.0434 e. The number of aliphatic hydroxyl groups excluding tert-OH is 1. The molecule has 15 heavy (non-hydrogen) atoms. The molecule has 80 valence electrons. The van der Waals surface area contributed by atoms with E-state index in [1.807, 2.05) is 11.3 Å². The van der Waals surface area contributed by atoms with Gasteiger partial charge in [-0.2, -0.15) is 0 Å². The van der Waals surface area contributed by atoms with Gasteiger partial charge in [-0.15, -0.1) is 11.3 Å². The van der Waals surface area contributed by atoms with E-state index in [9.17, 15) is 0 Å². The first-order valence-electron chi connectivity index (χ1n) is 5.32. The topological polar surface area (TPSA) is 20.2 Å². The van der Waals surface area contributed by atoms with Gasteiger partial charge >= 0.3 is 0 Å². The maximum atomic E-state index is 8.79. The number of aryl methyl sites for hydroxylation is 3. The number of thiophene rings is 1. The first-order valence-corrected chi connectivity index (χ1v) is 6.13. The van der Waals surface area contributed by atoms with Crippen LogP contribution in [0.2, 0.25) is 0 Å². The van der Waals surface area contributed by atoms with Crippen LogP contribution in [-0.2, 0) is 6.42 Å². The van der Waals surface area contributed by atoms with Crippen LogP contribution < -0.4 is 0 Å². The lowest BCUT2D eigenvalue weighted by Gasteiger charge is -1.99. The lowest BCUT2D eigenvalue weighted by atomic mass is 10.1.